The van der Waals surface area contributed by atoms with Gasteiger partial charge in [0.15, 0.2) is 10.8 Å². The van der Waals surface area contributed by atoms with Crippen LogP contribution in [0.1, 0.15) is 33.4 Å². The predicted molar refractivity (Wildman–Crippen MR) is 63.9 cm³/mol. The number of halogens is 1. The molecule has 2 heterocycles. The summed E-state index contributed by atoms with van der Waals surface area (Å²) >= 11 is 0.739. The van der Waals surface area contributed by atoms with Crippen LogP contribution in [-0.2, 0) is 17.9 Å². The largest absolute Gasteiger partial charge is 0.367 e. The minimum absolute atomic E-state index is 0.133. The number of fused-ring (bicyclic) bond motifs is 1. The number of rotatable bonds is 1. The lowest BCUT2D eigenvalue weighted by molar-refractivity contribution is -0.0674. The van der Waals surface area contributed by atoms with E-state index in [4.69, 9.17) is 10.00 Å². The molecule has 0 aliphatic carbocycles. The van der Waals surface area contributed by atoms with Crippen molar-refractivity contribution in [1.29, 1.82) is 5.26 Å². The summed E-state index contributed by atoms with van der Waals surface area (Å²) in [5.41, 5.74) is 0.0899. The number of nitrogens with zero attached hydrogens (tertiary/aromatic N) is 3. The highest BCUT2D eigenvalue weighted by Gasteiger charge is 2.30. The van der Waals surface area contributed by atoms with Gasteiger partial charge in [-0.25, -0.2) is 4.39 Å². The molecule has 1 aromatic heterocycles. The molecule has 0 unspecified atom stereocenters. The fourth-order valence-electron chi connectivity index (χ4n) is 1.50. The van der Waals surface area contributed by atoms with E-state index in [1.807, 2.05) is 33.1 Å². The zero-order valence-electron chi connectivity index (χ0n) is 10.5. The minimum atomic E-state index is -0.433. The fraction of sp³-hybridized carbons (Fsp3) is 0.636. The Hall–Kier alpha value is -1.06. The molecule has 94 valence electrons. The summed E-state index contributed by atoms with van der Waals surface area (Å²) in [7, 11) is 0. The smallest absolute Gasteiger partial charge is 0.181 e. The molecule has 0 atom stereocenters. The van der Waals surface area contributed by atoms with Crippen LogP contribution in [0.15, 0.2) is 5.03 Å². The summed E-state index contributed by atoms with van der Waals surface area (Å²) in [5, 5.41) is 14.5. The molecule has 4 nitrogen and oxygen atoms in total. The van der Waals surface area contributed by atoms with Crippen LogP contribution in [-0.4, -0.2) is 15.4 Å². The molecule has 0 fully saturated rings. The Morgan fingerprint density at radius 2 is 2.18 bits per heavy atom. The van der Waals surface area contributed by atoms with Crippen LogP contribution >= 0.6 is 11.8 Å². The van der Waals surface area contributed by atoms with Crippen molar-refractivity contribution in [3.63, 3.8) is 0 Å². The van der Waals surface area contributed by atoms with Crippen molar-refractivity contribution in [2.24, 2.45) is 0 Å². The first-order chi connectivity index (χ1) is 8.03. The average molecular weight is 257 g/mol. The van der Waals surface area contributed by atoms with Crippen molar-refractivity contribution in [3.8, 4) is 5.40 Å². The zero-order chi connectivity index (χ0) is 13.1. The first kappa shape index (κ1) is 14.0. The molecular formula is C11H16FN3OS. The molecule has 0 aromatic carbocycles. The van der Waals surface area contributed by atoms with Gasteiger partial charge in [0.2, 0.25) is 0 Å². The van der Waals surface area contributed by atoms with Gasteiger partial charge >= 0.3 is 0 Å². The molecule has 0 N–H and O–H groups in total. The van der Waals surface area contributed by atoms with Crippen molar-refractivity contribution < 1.29 is 9.13 Å². The molecular weight excluding hydrogens is 241 g/mol. The maximum Gasteiger partial charge on any atom is 0.181 e. The molecule has 0 amide bonds. The van der Waals surface area contributed by atoms with Crippen LogP contribution in [0.25, 0.3) is 0 Å². The van der Waals surface area contributed by atoms with Crippen molar-refractivity contribution in [3.05, 3.63) is 11.5 Å². The Kier molecular flexibility index (Phi) is 4.54. The second-order valence-corrected chi connectivity index (χ2v) is 4.74. The second-order valence-electron chi connectivity index (χ2n) is 3.97. The first-order valence-corrected chi connectivity index (χ1v) is 6.30. The Morgan fingerprint density at radius 3 is 2.76 bits per heavy atom. The van der Waals surface area contributed by atoms with Gasteiger partial charge in [0.25, 0.3) is 0 Å². The van der Waals surface area contributed by atoms with E-state index in [2.05, 4.69) is 5.10 Å². The standard InChI is InChI=1S/C9H10FN3OS.C2H6/c1-9(2)4-13-6(3-14-9)7(10)8(12-13)15-5-11;1-2/h3-4H2,1-2H3;1-2H3. The molecule has 1 aliphatic rings. The fourth-order valence-corrected chi connectivity index (χ4v) is 1.93. The molecule has 1 aromatic rings. The van der Waals surface area contributed by atoms with Gasteiger partial charge in [-0.2, -0.15) is 10.4 Å². The van der Waals surface area contributed by atoms with Crippen LogP contribution in [0.4, 0.5) is 4.39 Å². The van der Waals surface area contributed by atoms with Gasteiger partial charge in [0, 0.05) is 11.8 Å². The van der Waals surface area contributed by atoms with E-state index in [9.17, 15) is 4.39 Å². The third kappa shape index (κ3) is 2.99. The van der Waals surface area contributed by atoms with E-state index in [0.29, 0.717) is 12.2 Å². The highest BCUT2D eigenvalue weighted by Crippen LogP contribution is 2.29. The summed E-state index contributed by atoms with van der Waals surface area (Å²) in [6, 6.07) is 0. The lowest BCUT2D eigenvalue weighted by Crippen LogP contribution is -2.36. The van der Waals surface area contributed by atoms with Gasteiger partial charge in [-0.05, 0) is 13.8 Å². The zero-order valence-corrected chi connectivity index (χ0v) is 11.3. The summed E-state index contributed by atoms with van der Waals surface area (Å²) in [6.07, 6.45) is 0. The van der Waals surface area contributed by atoms with Crippen molar-refractivity contribution in [2.75, 3.05) is 0 Å². The van der Waals surface area contributed by atoms with Gasteiger partial charge in [-0.3, -0.25) is 4.68 Å². The number of hydrogen-bond acceptors (Lipinski definition) is 4. The van der Waals surface area contributed by atoms with Crippen molar-refractivity contribution in [2.45, 2.75) is 51.5 Å². The number of ether oxygens (including phenoxy) is 1. The molecule has 0 saturated carbocycles. The molecule has 6 heteroatoms. The van der Waals surface area contributed by atoms with Crippen molar-refractivity contribution >= 4 is 11.8 Å². The normalized spacial score (nSPS) is 16.5. The maximum absolute atomic E-state index is 13.6. The van der Waals surface area contributed by atoms with Crippen LogP contribution in [0, 0.1) is 16.5 Å². The molecule has 0 saturated heterocycles. The Bertz CT molecular complexity index is 437. The van der Waals surface area contributed by atoms with Gasteiger partial charge in [-0.1, -0.05) is 13.8 Å². The summed E-state index contributed by atoms with van der Waals surface area (Å²) < 4.78 is 20.7. The number of nitriles is 1. The predicted octanol–water partition coefficient (Wildman–Crippen LogP) is 2.93. The van der Waals surface area contributed by atoms with E-state index >= 15 is 0 Å². The molecule has 0 bridgehead atoms. The van der Waals surface area contributed by atoms with Gasteiger partial charge in [-0.15, -0.1) is 0 Å². The highest BCUT2D eigenvalue weighted by atomic mass is 32.2. The quantitative estimate of drug-likeness (QED) is 0.573. The third-order valence-electron chi connectivity index (χ3n) is 2.24. The van der Waals surface area contributed by atoms with E-state index in [1.54, 1.807) is 4.68 Å². The average Bonchev–Trinajstić information content (AvgIpc) is 2.57. The molecule has 2 rings (SSSR count). The van der Waals surface area contributed by atoms with E-state index in [1.165, 1.54) is 0 Å². The Labute approximate surface area is 105 Å². The monoisotopic (exact) mass is 257 g/mol. The minimum Gasteiger partial charge on any atom is -0.367 e. The number of aromatic nitrogens is 2. The molecule has 0 spiro atoms. The van der Waals surface area contributed by atoms with Crippen molar-refractivity contribution in [1.82, 2.24) is 9.78 Å². The third-order valence-corrected chi connectivity index (χ3v) is 2.78. The molecule has 17 heavy (non-hydrogen) atoms. The van der Waals surface area contributed by atoms with Gasteiger partial charge in [0.05, 0.1) is 18.8 Å². The number of hydrogen-bond donors (Lipinski definition) is 0. The van der Waals surface area contributed by atoms with E-state index < -0.39 is 5.82 Å². The summed E-state index contributed by atoms with van der Waals surface area (Å²) in [4.78, 5) is 0. The summed E-state index contributed by atoms with van der Waals surface area (Å²) in [6.45, 7) is 8.56. The van der Waals surface area contributed by atoms with E-state index in [-0.39, 0.29) is 17.2 Å². The number of thiocyanates is 1. The maximum atomic E-state index is 13.6. The van der Waals surface area contributed by atoms with Crippen LogP contribution in [0.5, 0.6) is 0 Å². The second kappa shape index (κ2) is 5.52. The highest BCUT2D eigenvalue weighted by molar-refractivity contribution is 8.03. The molecule has 1 aliphatic heterocycles. The lowest BCUT2D eigenvalue weighted by Gasteiger charge is -2.30. The summed E-state index contributed by atoms with van der Waals surface area (Å²) in [5.74, 6) is -0.433. The molecule has 0 radical (unpaired) electrons. The topological polar surface area (TPSA) is 50.8 Å². The van der Waals surface area contributed by atoms with Gasteiger partial charge in [0.1, 0.15) is 11.1 Å². The first-order valence-electron chi connectivity index (χ1n) is 5.48. The Balaban J connectivity index is 0.000000686. The SMILES string of the molecule is CC.CC1(C)Cn2nc(SC#N)c(F)c2CO1. The van der Waals surface area contributed by atoms with Crippen LogP contribution in [0.2, 0.25) is 0 Å². The van der Waals surface area contributed by atoms with Crippen LogP contribution in [0.3, 0.4) is 0 Å². The Morgan fingerprint density at radius 1 is 1.53 bits per heavy atom. The lowest BCUT2D eigenvalue weighted by atomic mass is 10.1. The van der Waals surface area contributed by atoms with Gasteiger partial charge < -0.3 is 4.74 Å². The number of thioether (sulfide) groups is 1. The van der Waals surface area contributed by atoms with E-state index in [0.717, 1.165) is 11.8 Å². The van der Waals surface area contributed by atoms with Crippen LogP contribution < -0.4 is 0 Å².